The van der Waals surface area contributed by atoms with E-state index in [0.29, 0.717) is 17.3 Å². The molecule has 1 aliphatic rings. The molecule has 1 N–H and O–H groups in total. The zero-order valence-corrected chi connectivity index (χ0v) is 14.8. The van der Waals surface area contributed by atoms with E-state index in [0.717, 1.165) is 6.07 Å². The van der Waals surface area contributed by atoms with Gasteiger partial charge >= 0.3 is 6.18 Å². The van der Waals surface area contributed by atoms with Gasteiger partial charge < -0.3 is 15.0 Å². The van der Waals surface area contributed by atoms with Crippen molar-refractivity contribution < 1.29 is 27.5 Å². The Morgan fingerprint density at radius 2 is 1.85 bits per heavy atom. The van der Waals surface area contributed by atoms with E-state index in [4.69, 9.17) is 4.74 Å². The Kier molecular flexibility index (Phi) is 5.59. The highest BCUT2D eigenvalue weighted by Gasteiger charge is 2.34. The number of rotatable bonds is 5. The molecule has 1 heterocycles. The number of amides is 2. The molecule has 0 unspecified atom stereocenters. The number of nitrogens with one attached hydrogen (secondary N) is 1. The molecule has 142 valence electrons. The van der Waals surface area contributed by atoms with Crippen LogP contribution in [0.5, 0.6) is 11.5 Å². The van der Waals surface area contributed by atoms with Crippen LogP contribution >= 0.6 is 11.8 Å². The summed E-state index contributed by atoms with van der Waals surface area (Å²) in [6, 6.07) is 10.9. The lowest BCUT2D eigenvalue weighted by atomic mass is 10.2. The molecule has 0 aromatic heterocycles. The second kappa shape index (κ2) is 7.91. The number of anilines is 1. The maximum atomic E-state index is 13.0. The number of nitrogens with zero attached hydrogens (tertiary/aromatic N) is 1. The molecule has 0 saturated carbocycles. The van der Waals surface area contributed by atoms with Gasteiger partial charge in [0.2, 0.25) is 11.8 Å². The molecule has 0 bridgehead atoms. The highest BCUT2D eigenvalue weighted by molar-refractivity contribution is 8.00. The number of benzene rings is 2. The molecular weight excluding hydrogens is 381 g/mol. The smallest absolute Gasteiger partial charge is 0.419 e. The van der Waals surface area contributed by atoms with Crippen LogP contribution in [0.3, 0.4) is 0 Å². The Bertz CT molecular complexity index is 840. The van der Waals surface area contributed by atoms with Gasteiger partial charge in [-0.3, -0.25) is 9.59 Å². The van der Waals surface area contributed by atoms with Gasteiger partial charge in [-0.2, -0.15) is 13.2 Å². The molecule has 2 amide bonds. The summed E-state index contributed by atoms with van der Waals surface area (Å²) in [5, 5.41) is 2.64. The first kappa shape index (κ1) is 19.1. The van der Waals surface area contributed by atoms with E-state index < -0.39 is 11.7 Å². The number of para-hydroxylation sites is 1. The number of thioether (sulfide) groups is 1. The molecule has 1 fully saturated rings. The Morgan fingerprint density at radius 3 is 2.48 bits per heavy atom. The van der Waals surface area contributed by atoms with Gasteiger partial charge in [-0.05, 0) is 36.4 Å². The first-order chi connectivity index (χ1) is 12.8. The molecule has 9 heteroatoms. The van der Waals surface area contributed by atoms with Crippen molar-refractivity contribution in [3.63, 3.8) is 0 Å². The molecule has 5 nitrogen and oxygen atoms in total. The van der Waals surface area contributed by atoms with Crippen molar-refractivity contribution in [1.82, 2.24) is 4.90 Å². The first-order valence-corrected chi connectivity index (χ1v) is 9.08. The van der Waals surface area contributed by atoms with Crippen molar-refractivity contribution >= 4 is 29.3 Å². The van der Waals surface area contributed by atoms with Crippen LogP contribution in [0.25, 0.3) is 0 Å². The van der Waals surface area contributed by atoms with Crippen molar-refractivity contribution in [2.24, 2.45) is 0 Å². The number of ether oxygens (including phenoxy) is 1. The van der Waals surface area contributed by atoms with Crippen LogP contribution < -0.4 is 10.1 Å². The summed E-state index contributed by atoms with van der Waals surface area (Å²) in [5.41, 5.74) is -0.411. The Hall–Kier alpha value is -2.68. The quantitative estimate of drug-likeness (QED) is 0.831. The average molecular weight is 396 g/mol. The molecule has 0 aliphatic carbocycles. The van der Waals surface area contributed by atoms with Crippen LogP contribution in [-0.4, -0.2) is 34.9 Å². The molecule has 0 atom stereocenters. The lowest BCUT2D eigenvalue weighted by molar-refractivity contribution is -0.138. The summed E-state index contributed by atoms with van der Waals surface area (Å²) in [5.74, 6) is 0.336. The fourth-order valence-corrected chi connectivity index (χ4v) is 3.34. The lowest BCUT2D eigenvalue weighted by Gasteiger charge is -2.15. The van der Waals surface area contributed by atoms with Gasteiger partial charge in [0.15, 0.2) is 0 Å². The zero-order chi connectivity index (χ0) is 19.4. The highest BCUT2D eigenvalue weighted by Crippen LogP contribution is 2.37. The molecule has 0 radical (unpaired) electrons. The normalized spacial score (nSPS) is 14.3. The second-order valence-corrected chi connectivity index (χ2v) is 6.69. The van der Waals surface area contributed by atoms with Crippen LogP contribution in [0, 0.1) is 0 Å². The van der Waals surface area contributed by atoms with Gasteiger partial charge in [-0.15, -0.1) is 11.8 Å². The van der Waals surface area contributed by atoms with E-state index in [9.17, 15) is 22.8 Å². The van der Waals surface area contributed by atoms with Gasteiger partial charge in [-0.25, -0.2) is 0 Å². The summed E-state index contributed by atoms with van der Waals surface area (Å²) in [6.07, 6.45) is -4.52. The third kappa shape index (κ3) is 4.94. The second-order valence-electron chi connectivity index (χ2n) is 5.74. The Labute approximate surface area is 157 Å². The van der Waals surface area contributed by atoms with Crippen LogP contribution in [0.1, 0.15) is 5.56 Å². The van der Waals surface area contributed by atoms with Gasteiger partial charge in [-0.1, -0.05) is 12.1 Å². The molecule has 2 aromatic carbocycles. The van der Waals surface area contributed by atoms with Crippen molar-refractivity contribution in [2.45, 2.75) is 6.18 Å². The average Bonchev–Trinajstić information content (AvgIpc) is 3.01. The van der Waals surface area contributed by atoms with Crippen LogP contribution in [0.4, 0.5) is 18.9 Å². The standard InChI is InChI=1S/C18H15F3N2O3S/c19-18(20,21)14-3-1-2-4-15(14)26-13-7-5-12(6-8-13)22-16(24)9-23-11-27-10-17(23)25/h1-8H,9-11H2,(H,22,24). The Balaban J connectivity index is 1.63. The topological polar surface area (TPSA) is 58.6 Å². The SMILES string of the molecule is O=C(CN1CSCC1=O)Nc1ccc(Oc2ccccc2C(F)(F)F)cc1. The highest BCUT2D eigenvalue weighted by atomic mass is 32.2. The summed E-state index contributed by atoms with van der Waals surface area (Å²) >= 11 is 1.44. The van der Waals surface area contributed by atoms with Gasteiger partial charge in [0.1, 0.15) is 18.0 Å². The van der Waals surface area contributed by atoms with E-state index >= 15 is 0 Å². The molecule has 3 rings (SSSR count). The molecular formula is C18H15F3N2O3S. The third-order valence-corrected chi connectivity index (χ3v) is 4.66. The summed E-state index contributed by atoms with van der Waals surface area (Å²) in [7, 11) is 0. The minimum Gasteiger partial charge on any atom is -0.457 e. The van der Waals surface area contributed by atoms with E-state index in [1.165, 1.54) is 59.1 Å². The van der Waals surface area contributed by atoms with Crippen LogP contribution in [-0.2, 0) is 15.8 Å². The molecule has 27 heavy (non-hydrogen) atoms. The molecule has 1 aliphatic heterocycles. The predicted molar refractivity (Wildman–Crippen MR) is 95.6 cm³/mol. The van der Waals surface area contributed by atoms with Gasteiger partial charge in [0, 0.05) is 5.69 Å². The largest absolute Gasteiger partial charge is 0.457 e. The summed E-state index contributed by atoms with van der Waals surface area (Å²) in [6.45, 7) is -0.0386. The first-order valence-electron chi connectivity index (χ1n) is 7.92. The number of hydrogen-bond acceptors (Lipinski definition) is 4. The molecule has 1 saturated heterocycles. The molecule has 0 spiro atoms. The van der Waals surface area contributed by atoms with E-state index in [1.807, 2.05) is 0 Å². The van der Waals surface area contributed by atoms with Crippen molar-refractivity contribution in [3.8, 4) is 11.5 Å². The number of hydrogen-bond donors (Lipinski definition) is 1. The third-order valence-electron chi connectivity index (χ3n) is 3.72. The molecule has 2 aromatic rings. The summed E-state index contributed by atoms with van der Waals surface area (Å²) in [4.78, 5) is 24.9. The monoisotopic (exact) mass is 396 g/mol. The van der Waals surface area contributed by atoms with Crippen molar-refractivity contribution in [3.05, 3.63) is 54.1 Å². The minimum absolute atomic E-state index is 0.0386. The number of carbonyl (C=O) groups is 2. The predicted octanol–water partition coefficient (Wildman–Crippen LogP) is 3.97. The van der Waals surface area contributed by atoms with Crippen molar-refractivity contribution in [2.75, 3.05) is 23.5 Å². The maximum absolute atomic E-state index is 13.0. The lowest BCUT2D eigenvalue weighted by Crippen LogP contribution is -2.34. The van der Waals surface area contributed by atoms with E-state index in [-0.39, 0.29) is 29.9 Å². The number of halogens is 3. The number of alkyl halides is 3. The van der Waals surface area contributed by atoms with Crippen LogP contribution in [0.2, 0.25) is 0 Å². The van der Waals surface area contributed by atoms with Gasteiger partial charge in [0.25, 0.3) is 0 Å². The number of carbonyl (C=O) groups excluding carboxylic acids is 2. The Morgan fingerprint density at radius 1 is 1.15 bits per heavy atom. The van der Waals surface area contributed by atoms with Crippen LogP contribution in [0.15, 0.2) is 48.5 Å². The fraction of sp³-hybridized carbons (Fsp3) is 0.222. The fourth-order valence-electron chi connectivity index (χ4n) is 2.44. The minimum atomic E-state index is -4.52. The van der Waals surface area contributed by atoms with E-state index in [1.54, 1.807) is 0 Å². The van der Waals surface area contributed by atoms with Crippen molar-refractivity contribution in [1.29, 1.82) is 0 Å². The summed E-state index contributed by atoms with van der Waals surface area (Å²) < 4.78 is 44.3. The maximum Gasteiger partial charge on any atom is 0.419 e. The van der Waals surface area contributed by atoms with E-state index in [2.05, 4.69) is 5.32 Å². The zero-order valence-electron chi connectivity index (χ0n) is 14.0. The van der Waals surface area contributed by atoms with Gasteiger partial charge in [0.05, 0.1) is 17.2 Å².